The topological polar surface area (TPSA) is 90.1 Å². The van der Waals surface area contributed by atoms with Crippen LogP contribution in [0.2, 0.25) is 0 Å². The van der Waals surface area contributed by atoms with Crippen LogP contribution in [0.25, 0.3) is 11.4 Å². The Morgan fingerprint density at radius 1 is 1.36 bits per heavy atom. The molecule has 7 nitrogen and oxygen atoms in total. The van der Waals surface area contributed by atoms with E-state index in [0.717, 1.165) is 0 Å². The van der Waals surface area contributed by atoms with E-state index >= 15 is 0 Å². The van der Waals surface area contributed by atoms with Crippen LogP contribution in [0.1, 0.15) is 46.4 Å². The molecule has 0 atom stereocenters. The molecule has 0 radical (unpaired) electrons. The van der Waals surface area contributed by atoms with Gasteiger partial charge in [0.05, 0.1) is 0 Å². The quantitative estimate of drug-likeness (QED) is 0.931. The zero-order valence-electron chi connectivity index (χ0n) is 13.4. The second-order valence-electron chi connectivity index (χ2n) is 6.17. The van der Waals surface area contributed by atoms with Gasteiger partial charge in [0, 0.05) is 17.7 Å². The molecule has 2 aromatic heterocycles. The minimum atomic E-state index is -0.568. The number of ether oxygens (including phenoxy) is 1. The van der Waals surface area contributed by atoms with E-state index in [9.17, 15) is 4.79 Å². The van der Waals surface area contributed by atoms with Crippen molar-refractivity contribution in [3.8, 4) is 11.4 Å². The third kappa shape index (κ3) is 4.28. The maximum Gasteiger partial charge on any atom is 0.413 e. The molecule has 0 spiro atoms. The lowest BCUT2D eigenvalue weighted by Crippen LogP contribution is -2.27. The molecule has 0 aliphatic rings. The number of nitrogens with zero attached hydrogens (tertiary/aromatic N) is 3. The number of rotatable bonds is 3. The highest BCUT2D eigenvalue weighted by Crippen LogP contribution is 2.21. The third-order valence-corrected chi connectivity index (χ3v) is 2.58. The first-order chi connectivity index (χ1) is 10.2. The molecule has 22 heavy (non-hydrogen) atoms. The van der Waals surface area contributed by atoms with Crippen molar-refractivity contribution in [2.24, 2.45) is 0 Å². The molecule has 0 fully saturated rings. The normalized spacial score (nSPS) is 11.5. The van der Waals surface area contributed by atoms with Crippen molar-refractivity contribution in [3.05, 3.63) is 24.2 Å². The van der Waals surface area contributed by atoms with Crippen molar-refractivity contribution in [1.29, 1.82) is 0 Å². The standard InChI is InChI=1S/C15H20N4O3/c1-9(2)13-18-12(19-22-13)10-6-7-16-11(8-10)17-14(20)21-15(3,4)5/h6-9H,1-5H3,(H,16,17,20). The Labute approximate surface area is 129 Å². The molecular formula is C15H20N4O3. The summed E-state index contributed by atoms with van der Waals surface area (Å²) in [4.78, 5) is 20.1. The molecular weight excluding hydrogens is 284 g/mol. The first kappa shape index (κ1) is 15.9. The molecule has 118 valence electrons. The summed E-state index contributed by atoms with van der Waals surface area (Å²) >= 11 is 0. The number of hydrogen-bond donors (Lipinski definition) is 1. The van der Waals surface area contributed by atoms with Gasteiger partial charge < -0.3 is 9.26 Å². The van der Waals surface area contributed by atoms with Crippen molar-refractivity contribution in [2.45, 2.75) is 46.1 Å². The average Bonchev–Trinajstić information content (AvgIpc) is 2.86. The number of nitrogens with one attached hydrogen (secondary N) is 1. The van der Waals surface area contributed by atoms with Crippen molar-refractivity contribution in [1.82, 2.24) is 15.1 Å². The average molecular weight is 304 g/mol. The second kappa shape index (κ2) is 6.13. The van der Waals surface area contributed by atoms with Crippen LogP contribution < -0.4 is 5.32 Å². The molecule has 0 unspecified atom stereocenters. The van der Waals surface area contributed by atoms with Gasteiger partial charge in [0.1, 0.15) is 11.4 Å². The summed E-state index contributed by atoms with van der Waals surface area (Å²) in [6, 6.07) is 3.41. The van der Waals surface area contributed by atoms with Crippen molar-refractivity contribution >= 4 is 11.9 Å². The molecule has 2 heterocycles. The Morgan fingerprint density at radius 2 is 2.09 bits per heavy atom. The van der Waals surface area contributed by atoms with Crippen LogP contribution in [0.15, 0.2) is 22.9 Å². The third-order valence-electron chi connectivity index (χ3n) is 2.58. The lowest BCUT2D eigenvalue weighted by atomic mass is 10.2. The number of anilines is 1. The summed E-state index contributed by atoms with van der Waals surface area (Å²) in [5.74, 6) is 1.54. The maximum absolute atomic E-state index is 11.7. The highest BCUT2D eigenvalue weighted by Gasteiger charge is 2.17. The molecule has 2 rings (SSSR count). The summed E-state index contributed by atoms with van der Waals surface area (Å²) in [5, 5.41) is 6.51. The molecule has 1 N–H and O–H groups in total. The van der Waals surface area contributed by atoms with Crippen molar-refractivity contribution in [3.63, 3.8) is 0 Å². The van der Waals surface area contributed by atoms with E-state index in [1.165, 1.54) is 0 Å². The van der Waals surface area contributed by atoms with Gasteiger partial charge in [-0.25, -0.2) is 9.78 Å². The van der Waals surface area contributed by atoms with Crippen LogP contribution in [0.4, 0.5) is 10.6 Å². The van der Waals surface area contributed by atoms with Gasteiger partial charge in [0.25, 0.3) is 0 Å². The molecule has 0 saturated heterocycles. The molecule has 0 aliphatic carbocycles. The van der Waals surface area contributed by atoms with Gasteiger partial charge in [0.15, 0.2) is 0 Å². The van der Waals surface area contributed by atoms with E-state index in [4.69, 9.17) is 9.26 Å². The number of hydrogen-bond acceptors (Lipinski definition) is 6. The smallest absolute Gasteiger partial charge is 0.413 e. The lowest BCUT2D eigenvalue weighted by molar-refractivity contribution is 0.0635. The number of pyridine rings is 1. The van der Waals surface area contributed by atoms with Gasteiger partial charge in [0.2, 0.25) is 11.7 Å². The highest BCUT2D eigenvalue weighted by atomic mass is 16.6. The van der Waals surface area contributed by atoms with Crippen LogP contribution in [-0.2, 0) is 4.74 Å². The maximum atomic E-state index is 11.7. The fourth-order valence-electron chi connectivity index (χ4n) is 1.63. The molecule has 0 saturated carbocycles. The Hall–Kier alpha value is -2.44. The summed E-state index contributed by atoms with van der Waals surface area (Å²) < 4.78 is 10.4. The largest absolute Gasteiger partial charge is 0.444 e. The van der Waals surface area contributed by atoms with E-state index < -0.39 is 11.7 Å². The number of aromatic nitrogens is 3. The summed E-state index contributed by atoms with van der Waals surface area (Å²) in [6.07, 6.45) is 1.00. The van der Waals surface area contributed by atoms with E-state index in [-0.39, 0.29) is 5.92 Å². The Bertz CT molecular complexity index is 659. The van der Waals surface area contributed by atoms with Gasteiger partial charge in [-0.3, -0.25) is 5.32 Å². The van der Waals surface area contributed by atoms with Gasteiger partial charge in [-0.1, -0.05) is 19.0 Å². The number of carbonyl (C=O) groups excluding carboxylic acids is 1. The van der Waals surface area contributed by atoms with Crippen LogP contribution in [-0.4, -0.2) is 26.8 Å². The summed E-state index contributed by atoms with van der Waals surface area (Å²) in [7, 11) is 0. The number of amides is 1. The predicted molar refractivity (Wildman–Crippen MR) is 81.5 cm³/mol. The minimum Gasteiger partial charge on any atom is -0.444 e. The van der Waals surface area contributed by atoms with E-state index in [1.54, 1.807) is 39.1 Å². The number of carbonyl (C=O) groups is 1. The molecule has 7 heteroatoms. The van der Waals surface area contributed by atoms with Gasteiger partial charge in [-0.2, -0.15) is 4.98 Å². The highest BCUT2D eigenvalue weighted by molar-refractivity contribution is 5.84. The van der Waals surface area contributed by atoms with E-state index in [1.807, 2.05) is 13.8 Å². The second-order valence-corrected chi connectivity index (χ2v) is 6.17. The summed E-state index contributed by atoms with van der Waals surface area (Å²) in [6.45, 7) is 9.33. The monoisotopic (exact) mass is 304 g/mol. The Kier molecular flexibility index (Phi) is 4.44. The molecule has 1 amide bonds. The molecule has 0 bridgehead atoms. The van der Waals surface area contributed by atoms with Crippen molar-refractivity contribution in [2.75, 3.05) is 5.32 Å². The molecule has 0 aliphatic heterocycles. The Balaban J connectivity index is 2.14. The zero-order valence-corrected chi connectivity index (χ0v) is 13.4. The predicted octanol–water partition coefficient (Wildman–Crippen LogP) is 3.60. The van der Waals surface area contributed by atoms with Gasteiger partial charge in [-0.15, -0.1) is 0 Å². The van der Waals surface area contributed by atoms with Crippen LogP contribution in [0.3, 0.4) is 0 Å². The fraction of sp³-hybridized carbons (Fsp3) is 0.467. The zero-order chi connectivity index (χ0) is 16.3. The summed E-state index contributed by atoms with van der Waals surface area (Å²) in [5.41, 5.74) is 0.137. The van der Waals surface area contributed by atoms with Gasteiger partial charge in [-0.05, 0) is 32.9 Å². The van der Waals surface area contributed by atoms with Gasteiger partial charge >= 0.3 is 6.09 Å². The van der Waals surface area contributed by atoms with Crippen LogP contribution in [0, 0.1) is 0 Å². The van der Waals surface area contributed by atoms with E-state index in [0.29, 0.717) is 23.1 Å². The fourth-order valence-corrected chi connectivity index (χ4v) is 1.63. The molecule has 2 aromatic rings. The first-order valence-electron chi connectivity index (χ1n) is 7.04. The molecule has 0 aromatic carbocycles. The van der Waals surface area contributed by atoms with Crippen LogP contribution in [0.5, 0.6) is 0 Å². The SMILES string of the molecule is CC(C)c1nc(-c2ccnc(NC(=O)OC(C)(C)C)c2)no1. The minimum absolute atomic E-state index is 0.155. The van der Waals surface area contributed by atoms with Crippen LogP contribution >= 0.6 is 0 Å². The van der Waals surface area contributed by atoms with E-state index in [2.05, 4.69) is 20.4 Å². The lowest BCUT2D eigenvalue weighted by Gasteiger charge is -2.19. The first-order valence-corrected chi connectivity index (χ1v) is 7.04. The van der Waals surface area contributed by atoms with Crippen molar-refractivity contribution < 1.29 is 14.1 Å². The Morgan fingerprint density at radius 3 is 2.68 bits per heavy atom.